The maximum Gasteiger partial charge on any atom is -0.00633 e. The summed E-state index contributed by atoms with van der Waals surface area (Å²) < 4.78 is 0. The Hall–Kier alpha value is 0.0900. The summed E-state index contributed by atoms with van der Waals surface area (Å²) in [5.74, 6) is 0.975. The van der Waals surface area contributed by atoms with Gasteiger partial charge in [-0.2, -0.15) is 12.6 Å². The Labute approximate surface area is 63.8 Å². The molecule has 0 nitrogen and oxygen atoms in total. The number of hydrogen-bond donors (Lipinski definition) is 1. The zero-order chi connectivity index (χ0) is 6.95. The molecule has 0 radical (unpaired) electrons. The van der Waals surface area contributed by atoms with E-state index in [-0.39, 0.29) is 0 Å². The predicted molar refractivity (Wildman–Crippen MR) is 47.1 cm³/mol. The first-order valence-electron chi connectivity index (χ1n) is 3.67. The van der Waals surface area contributed by atoms with Gasteiger partial charge in [-0.1, -0.05) is 31.9 Å². The van der Waals surface area contributed by atoms with E-state index in [1.165, 1.54) is 19.3 Å². The van der Waals surface area contributed by atoms with E-state index in [1.54, 1.807) is 0 Å². The summed E-state index contributed by atoms with van der Waals surface area (Å²) in [4.78, 5) is 0. The topological polar surface area (TPSA) is 0 Å². The molecule has 0 fully saturated rings. The molecular formula is C8H16S. The van der Waals surface area contributed by atoms with Gasteiger partial charge in [-0.3, -0.25) is 0 Å². The molecule has 0 rings (SSSR count). The van der Waals surface area contributed by atoms with Crippen LogP contribution >= 0.6 is 12.6 Å². The first-order valence-corrected chi connectivity index (χ1v) is 4.31. The van der Waals surface area contributed by atoms with Gasteiger partial charge in [0.1, 0.15) is 0 Å². The lowest BCUT2D eigenvalue weighted by atomic mass is 10.2. The van der Waals surface area contributed by atoms with E-state index in [4.69, 9.17) is 0 Å². The van der Waals surface area contributed by atoms with Crippen molar-refractivity contribution < 1.29 is 0 Å². The first kappa shape index (κ1) is 9.09. The van der Waals surface area contributed by atoms with Gasteiger partial charge in [0.15, 0.2) is 0 Å². The number of thiol groups is 1. The van der Waals surface area contributed by atoms with Gasteiger partial charge < -0.3 is 0 Å². The van der Waals surface area contributed by atoms with Gasteiger partial charge in [-0.15, -0.1) is 0 Å². The molecule has 0 amide bonds. The Balaban J connectivity index is 2.86. The molecule has 0 heterocycles. The lowest BCUT2D eigenvalue weighted by molar-refractivity contribution is 0.813. The van der Waals surface area contributed by atoms with Crippen LogP contribution in [-0.2, 0) is 0 Å². The summed E-state index contributed by atoms with van der Waals surface area (Å²) in [7, 11) is 0. The quantitative estimate of drug-likeness (QED) is 0.342. The van der Waals surface area contributed by atoms with Crippen LogP contribution in [0.1, 0.15) is 32.6 Å². The van der Waals surface area contributed by atoms with Gasteiger partial charge in [0.05, 0.1) is 0 Å². The largest absolute Gasteiger partial charge is 0.179 e. The molecule has 54 valence electrons. The third kappa shape index (κ3) is 8.09. The normalized spacial score (nSPS) is 10.9. The Morgan fingerprint density at radius 1 is 1.22 bits per heavy atom. The van der Waals surface area contributed by atoms with Crippen molar-refractivity contribution in [2.45, 2.75) is 32.6 Å². The van der Waals surface area contributed by atoms with E-state index >= 15 is 0 Å². The minimum absolute atomic E-state index is 0.975. The van der Waals surface area contributed by atoms with E-state index in [9.17, 15) is 0 Å². The van der Waals surface area contributed by atoms with Gasteiger partial charge in [-0.25, -0.2) is 0 Å². The van der Waals surface area contributed by atoms with Crippen molar-refractivity contribution in [3.8, 4) is 0 Å². The molecule has 0 aromatic carbocycles. The SMILES string of the molecule is CCCCC=CCCS. The number of hydrogen-bond acceptors (Lipinski definition) is 1. The monoisotopic (exact) mass is 144 g/mol. The van der Waals surface area contributed by atoms with Crippen LogP contribution in [0.5, 0.6) is 0 Å². The maximum absolute atomic E-state index is 4.09. The Kier molecular flexibility index (Phi) is 8.17. The van der Waals surface area contributed by atoms with Gasteiger partial charge in [0.2, 0.25) is 0 Å². The highest BCUT2D eigenvalue weighted by atomic mass is 32.1. The van der Waals surface area contributed by atoms with Crippen LogP contribution in [0.2, 0.25) is 0 Å². The predicted octanol–water partition coefficient (Wildman–Crippen LogP) is 3.05. The molecule has 0 saturated heterocycles. The van der Waals surface area contributed by atoms with Crippen LogP contribution in [-0.4, -0.2) is 5.75 Å². The summed E-state index contributed by atoms with van der Waals surface area (Å²) in [6.45, 7) is 2.21. The molecular weight excluding hydrogens is 128 g/mol. The Morgan fingerprint density at radius 3 is 2.44 bits per heavy atom. The molecule has 0 aromatic heterocycles. The van der Waals surface area contributed by atoms with Crippen molar-refractivity contribution in [3.05, 3.63) is 12.2 Å². The fourth-order valence-electron chi connectivity index (χ4n) is 0.632. The molecule has 0 aliphatic heterocycles. The molecule has 0 N–H and O–H groups in total. The second-order valence-electron chi connectivity index (χ2n) is 2.13. The summed E-state index contributed by atoms with van der Waals surface area (Å²) in [5.41, 5.74) is 0. The average molecular weight is 144 g/mol. The fourth-order valence-corrected chi connectivity index (χ4v) is 0.781. The highest BCUT2D eigenvalue weighted by molar-refractivity contribution is 7.80. The van der Waals surface area contributed by atoms with Gasteiger partial charge in [0.25, 0.3) is 0 Å². The molecule has 0 aromatic rings. The third-order valence-corrected chi connectivity index (χ3v) is 1.44. The second kappa shape index (κ2) is 8.09. The van der Waals surface area contributed by atoms with Crippen LogP contribution in [0.25, 0.3) is 0 Å². The minimum atomic E-state index is 0.975. The molecule has 1 heteroatoms. The zero-order valence-corrected chi connectivity index (χ0v) is 7.03. The minimum Gasteiger partial charge on any atom is -0.179 e. The van der Waals surface area contributed by atoms with Crippen molar-refractivity contribution in [1.29, 1.82) is 0 Å². The summed E-state index contributed by atoms with van der Waals surface area (Å²) >= 11 is 4.09. The third-order valence-electron chi connectivity index (χ3n) is 1.19. The van der Waals surface area contributed by atoms with Crippen molar-refractivity contribution in [1.82, 2.24) is 0 Å². The van der Waals surface area contributed by atoms with Crippen LogP contribution in [0, 0.1) is 0 Å². The van der Waals surface area contributed by atoms with E-state index in [0.717, 1.165) is 12.2 Å². The highest BCUT2D eigenvalue weighted by Gasteiger charge is 1.76. The van der Waals surface area contributed by atoms with Crippen molar-refractivity contribution in [2.24, 2.45) is 0 Å². The molecule has 0 aliphatic rings. The summed E-state index contributed by atoms with van der Waals surface area (Å²) in [6.07, 6.45) is 9.44. The Bertz CT molecular complexity index is 67.0. The molecule has 0 saturated carbocycles. The number of unbranched alkanes of at least 4 members (excludes halogenated alkanes) is 2. The van der Waals surface area contributed by atoms with E-state index in [1.807, 2.05) is 0 Å². The zero-order valence-electron chi connectivity index (χ0n) is 6.14. The second-order valence-corrected chi connectivity index (χ2v) is 2.57. The van der Waals surface area contributed by atoms with Gasteiger partial charge in [0, 0.05) is 0 Å². The number of rotatable bonds is 5. The van der Waals surface area contributed by atoms with Crippen molar-refractivity contribution >= 4 is 12.6 Å². The highest BCUT2D eigenvalue weighted by Crippen LogP contribution is 1.96. The van der Waals surface area contributed by atoms with E-state index in [2.05, 4.69) is 31.7 Å². The van der Waals surface area contributed by atoms with Crippen LogP contribution in [0.15, 0.2) is 12.2 Å². The van der Waals surface area contributed by atoms with Crippen molar-refractivity contribution in [2.75, 3.05) is 5.75 Å². The maximum atomic E-state index is 4.09. The molecule has 0 unspecified atom stereocenters. The summed E-state index contributed by atoms with van der Waals surface area (Å²) in [6, 6.07) is 0. The van der Waals surface area contributed by atoms with Crippen LogP contribution < -0.4 is 0 Å². The van der Waals surface area contributed by atoms with Crippen LogP contribution in [0.4, 0.5) is 0 Å². The van der Waals surface area contributed by atoms with E-state index in [0.29, 0.717) is 0 Å². The van der Waals surface area contributed by atoms with Gasteiger partial charge >= 0.3 is 0 Å². The van der Waals surface area contributed by atoms with Crippen molar-refractivity contribution in [3.63, 3.8) is 0 Å². The summed E-state index contributed by atoms with van der Waals surface area (Å²) in [5, 5.41) is 0. The lowest BCUT2D eigenvalue weighted by Crippen LogP contribution is -1.69. The molecule has 0 spiro atoms. The van der Waals surface area contributed by atoms with E-state index < -0.39 is 0 Å². The van der Waals surface area contributed by atoms with Gasteiger partial charge in [-0.05, 0) is 18.6 Å². The molecule has 0 atom stereocenters. The smallest absolute Gasteiger partial charge is 0.00633 e. The molecule has 0 aliphatic carbocycles. The standard InChI is InChI=1S/C8H16S/c1-2-3-4-5-6-7-8-9/h5-6,9H,2-4,7-8H2,1H3. The first-order chi connectivity index (χ1) is 4.41. The Morgan fingerprint density at radius 2 is 1.89 bits per heavy atom. The lowest BCUT2D eigenvalue weighted by Gasteiger charge is -1.87. The average Bonchev–Trinajstić information content (AvgIpc) is 1.89. The fraction of sp³-hybridized carbons (Fsp3) is 0.750. The number of allylic oxidation sites excluding steroid dienone is 2. The molecule has 9 heavy (non-hydrogen) atoms. The molecule has 0 bridgehead atoms. The van der Waals surface area contributed by atoms with Crippen LogP contribution in [0.3, 0.4) is 0 Å².